The maximum Gasteiger partial charge on any atom is 0.227 e. The van der Waals surface area contributed by atoms with Gasteiger partial charge in [-0.25, -0.2) is 0 Å². The fraction of sp³-hybridized carbons (Fsp3) is 0.235. The molecule has 2 aromatic carbocycles. The number of methoxy groups -OCH3 is 1. The van der Waals surface area contributed by atoms with Crippen LogP contribution < -0.4 is 10.5 Å². The van der Waals surface area contributed by atoms with Crippen LogP contribution in [0.2, 0.25) is 0 Å². The molecule has 1 amide bonds. The van der Waals surface area contributed by atoms with Crippen molar-refractivity contribution in [2.45, 2.75) is 13.0 Å². The van der Waals surface area contributed by atoms with Crippen LogP contribution in [0, 0.1) is 0 Å². The molecule has 4 heteroatoms. The Balaban J connectivity index is 2.01. The van der Waals surface area contributed by atoms with E-state index >= 15 is 0 Å². The van der Waals surface area contributed by atoms with E-state index in [1.807, 2.05) is 48.5 Å². The second-order valence-electron chi connectivity index (χ2n) is 4.98. The van der Waals surface area contributed by atoms with E-state index in [4.69, 9.17) is 10.5 Å². The summed E-state index contributed by atoms with van der Waals surface area (Å²) in [5, 5.41) is 0. The number of hydrogen-bond donors (Lipinski definition) is 1. The Labute approximate surface area is 125 Å². The monoisotopic (exact) mass is 284 g/mol. The first-order valence-corrected chi connectivity index (χ1v) is 6.80. The molecule has 0 aliphatic heterocycles. The molecule has 0 aliphatic rings. The van der Waals surface area contributed by atoms with Crippen molar-refractivity contribution in [3.05, 3.63) is 59.7 Å². The van der Waals surface area contributed by atoms with Crippen molar-refractivity contribution in [1.29, 1.82) is 0 Å². The van der Waals surface area contributed by atoms with Crippen molar-refractivity contribution in [2.24, 2.45) is 0 Å². The topological polar surface area (TPSA) is 55.6 Å². The molecule has 0 unspecified atom stereocenters. The van der Waals surface area contributed by atoms with Crippen molar-refractivity contribution in [3.63, 3.8) is 0 Å². The van der Waals surface area contributed by atoms with Gasteiger partial charge >= 0.3 is 0 Å². The Hall–Kier alpha value is -2.49. The Morgan fingerprint density at radius 2 is 1.81 bits per heavy atom. The zero-order valence-electron chi connectivity index (χ0n) is 12.4. The lowest BCUT2D eigenvalue weighted by Gasteiger charge is -2.19. The summed E-state index contributed by atoms with van der Waals surface area (Å²) >= 11 is 0. The lowest BCUT2D eigenvalue weighted by Crippen LogP contribution is -2.27. The van der Waals surface area contributed by atoms with Gasteiger partial charge < -0.3 is 15.4 Å². The third kappa shape index (κ3) is 3.99. The first-order chi connectivity index (χ1) is 10.1. The fourth-order valence-corrected chi connectivity index (χ4v) is 2.12. The number of benzene rings is 2. The van der Waals surface area contributed by atoms with E-state index in [1.165, 1.54) is 0 Å². The van der Waals surface area contributed by atoms with Crippen LogP contribution in [0.1, 0.15) is 11.1 Å². The summed E-state index contributed by atoms with van der Waals surface area (Å²) in [4.78, 5) is 14.0. The van der Waals surface area contributed by atoms with Gasteiger partial charge in [0.1, 0.15) is 5.75 Å². The molecule has 2 rings (SSSR count). The number of anilines is 1. The molecular formula is C17H20N2O2. The third-order valence-corrected chi connectivity index (χ3v) is 3.36. The number of carbonyl (C=O) groups is 1. The lowest BCUT2D eigenvalue weighted by atomic mass is 10.1. The number of nitrogens with zero attached hydrogens (tertiary/aromatic N) is 1. The third-order valence-electron chi connectivity index (χ3n) is 3.36. The molecule has 0 aromatic heterocycles. The molecule has 2 aromatic rings. The van der Waals surface area contributed by atoms with Gasteiger partial charge in [-0.3, -0.25) is 4.79 Å². The number of amides is 1. The SMILES string of the molecule is COc1ccccc1CN(C)C(=O)Cc1ccc(N)cc1. The smallest absolute Gasteiger partial charge is 0.227 e. The molecule has 0 atom stereocenters. The molecule has 0 fully saturated rings. The molecule has 0 bridgehead atoms. The van der Waals surface area contributed by atoms with E-state index in [0.717, 1.165) is 16.9 Å². The minimum atomic E-state index is 0.0608. The van der Waals surface area contributed by atoms with Gasteiger partial charge in [-0.2, -0.15) is 0 Å². The highest BCUT2D eigenvalue weighted by molar-refractivity contribution is 5.78. The Bertz CT molecular complexity index is 608. The highest BCUT2D eigenvalue weighted by Gasteiger charge is 2.12. The van der Waals surface area contributed by atoms with E-state index in [0.29, 0.717) is 18.7 Å². The zero-order valence-corrected chi connectivity index (χ0v) is 12.4. The predicted octanol–water partition coefficient (Wildman–Crippen LogP) is 2.48. The molecule has 0 heterocycles. The molecular weight excluding hydrogens is 264 g/mol. The summed E-state index contributed by atoms with van der Waals surface area (Å²) in [5.41, 5.74) is 8.30. The highest BCUT2D eigenvalue weighted by atomic mass is 16.5. The summed E-state index contributed by atoms with van der Waals surface area (Å²) in [5.74, 6) is 0.857. The molecule has 4 nitrogen and oxygen atoms in total. The van der Waals surface area contributed by atoms with Crippen LogP contribution in [0.25, 0.3) is 0 Å². The van der Waals surface area contributed by atoms with Gasteiger partial charge in [0.15, 0.2) is 0 Å². The Morgan fingerprint density at radius 1 is 1.14 bits per heavy atom. The highest BCUT2D eigenvalue weighted by Crippen LogP contribution is 2.19. The van der Waals surface area contributed by atoms with Crippen LogP contribution in [0.4, 0.5) is 5.69 Å². The Morgan fingerprint density at radius 3 is 2.48 bits per heavy atom. The zero-order chi connectivity index (χ0) is 15.2. The van der Waals surface area contributed by atoms with E-state index in [2.05, 4.69) is 0 Å². The minimum Gasteiger partial charge on any atom is -0.496 e. The van der Waals surface area contributed by atoms with Gasteiger partial charge in [-0.05, 0) is 23.8 Å². The van der Waals surface area contributed by atoms with Gasteiger partial charge in [0.25, 0.3) is 0 Å². The maximum absolute atomic E-state index is 12.3. The maximum atomic E-state index is 12.3. The second kappa shape index (κ2) is 6.79. The van der Waals surface area contributed by atoms with E-state index < -0.39 is 0 Å². The first-order valence-electron chi connectivity index (χ1n) is 6.80. The molecule has 0 saturated carbocycles. The number of nitrogens with two attached hydrogens (primary N) is 1. The molecule has 0 radical (unpaired) electrons. The summed E-state index contributed by atoms with van der Waals surface area (Å²) in [6.45, 7) is 0.526. The largest absolute Gasteiger partial charge is 0.496 e. The van der Waals surface area contributed by atoms with Crippen molar-refractivity contribution in [3.8, 4) is 5.75 Å². The summed E-state index contributed by atoms with van der Waals surface area (Å²) in [6, 6.07) is 15.1. The van der Waals surface area contributed by atoms with Crippen molar-refractivity contribution < 1.29 is 9.53 Å². The van der Waals surface area contributed by atoms with E-state index in [1.54, 1.807) is 19.1 Å². The number of rotatable bonds is 5. The quantitative estimate of drug-likeness (QED) is 0.858. The molecule has 0 aliphatic carbocycles. The van der Waals surface area contributed by atoms with Crippen LogP contribution in [-0.2, 0) is 17.8 Å². The van der Waals surface area contributed by atoms with E-state index in [9.17, 15) is 4.79 Å². The van der Waals surface area contributed by atoms with Gasteiger partial charge in [0, 0.05) is 24.8 Å². The standard InChI is InChI=1S/C17H20N2O2/c1-19(12-14-5-3-4-6-16(14)21-2)17(20)11-13-7-9-15(18)10-8-13/h3-10H,11-12,18H2,1-2H3. The van der Waals surface area contributed by atoms with Gasteiger partial charge in [-0.1, -0.05) is 30.3 Å². The number of nitrogen functional groups attached to an aromatic ring is 1. The number of para-hydroxylation sites is 1. The number of likely N-dealkylation sites (N-methyl/N-ethyl adjacent to an activating group) is 1. The van der Waals surface area contributed by atoms with Crippen molar-refractivity contribution >= 4 is 11.6 Å². The normalized spacial score (nSPS) is 10.2. The first kappa shape index (κ1) is 14.9. The molecule has 0 spiro atoms. The van der Waals surface area contributed by atoms with Crippen LogP contribution in [0.3, 0.4) is 0 Å². The van der Waals surface area contributed by atoms with Gasteiger partial charge in [-0.15, -0.1) is 0 Å². The van der Waals surface area contributed by atoms with Crippen LogP contribution in [0.5, 0.6) is 5.75 Å². The van der Waals surface area contributed by atoms with Gasteiger partial charge in [0.2, 0.25) is 5.91 Å². The molecule has 110 valence electrons. The average Bonchev–Trinajstić information content (AvgIpc) is 2.50. The lowest BCUT2D eigenvalue weighted by molar-refractivity contribution is -0.129. The van der Waals surface area contributed by atoms with Gasteiger partial charge in [0.05, 0.1) is 13.5 Å². The summed E-state index contributed by atoms with van der Waals surface area (Å²) in [6.07, 6.45) is 0.367. The average molecular weight is 284 g/mol. The van der Waals surface area contributed by atoms with Crippen LogP contribution in [-0.4, -0.2) is 25.0 Å². The summed E-state index contributed by atoms with van der Waals surface area (Å²) in [7, 11) is 3.43. The second-order valence-corrected chi connectivity index (χ2v) is 4.98. The van der Waals surface area contributed by atoms with Crippen molar-refractivity contribution in [1.82, 2.24) is 4.90 Å². The number of ether oxygens (including phenoxy) is 1. The minimum absolute atomic E-state index is 0.0608. The molecule has 21 heavy (non-hydrogen) atoms. The van der Waals surface area contributed by atoms with Crippen molar-refractivity contribution in [2.75, 3.05) is 19.9 Å². The fourth-order valence-electron chi connectivity index (χ4n) is 2.12. The van der Waals surface area contributed by atoms with Crippen LogP contribution in [0.15, 0.2) is 48.5 Å². The number of hydrogen-bond acceptors (Lipinski definition) is 3. The Kier molecular flexibility index (Phi) is 4.82. The molecule has 0 saturated heterocycles. The van der Waals surface area contributed by atoms with Crippen LogP contribution >= 0.6 is 0 Å². The predicted molar refractivity (Wildman–Crippen MR) is 84.0 cm³/mol. The van der Waals surface area contributed by atoms with E-state index in [-0.39, 0.29) is 5.91 Å². The summed E-state index contributed by atoms with van der Waals surface area (Å²) < 4.78 is 5.31. The molecule has 2 N–H and O–H groups in total. The number of carbonyl (C=O) groups excluding carboxylic acids is 1.